The zero-order chi connectivity index (χ0) is 34.9. The maximum Gasteiger partial charge on any atom is 0.137 e. The maximum absolute atomic E-state index is 6.58. The quantitative estimate of drug-likeness (QED) is 0.170. The van der Waals surface area contributed by atoms with E-state index in [2.05, 4.69) is 181 Å². The number of nitrogens with zero attached hydrogens (tertiary/aromatic N) is 1. The molecular formula is C50H31NO2. The van der Waals surface area contributed by atoms with Crippen molar-refractivity contribution >= 4 is 82.5 Å². The second-order valence-corrected chi connectivity index (χ2v) is 13.7. The summed E-state index contributed by atoms with van der Waals surface area (Å²) in [6.45, 7) is 0. The zero-order valence-electron chi connectivity index (χ0n) is 28.7. The minimum atomic E-state index is 0.855. The number of furan rings is 2. The van der Waals surface area contributed by atoms with E-state index in [4.69, 9.17) is 8.83 Å². The lowest BCUT2D eigenvalue weighted by Gasteiger charge is -2.26. The number of anilines is 3. The van der Waals surface area contributed by atoms with Crippen LogP contribution in [0.4, 0.5) is 17.1 Å². The molecule has 9 aromatic carbocycles. The average molecular weight is 678 g/mol. The van der Waals surface area contributed by atoms with Crippen LogP contribution in [0.15, 0.2) is 197 Å². The molecule has 0 amide bonds. The molecular weight excluding hydrogens is 647 g/mol. The molecule has 0 spiro atoms. The summed E-state index contributed by atoms with van der Waals surface area (Å²) in [4.78, 5) is 2.31. The third-order valence-corrected chi connectivity index (χ3v) is 10.6. The number of rotatable bonds is 5. The van der Waals surface area contributed by atoms with E-state index in [0.29, 0.717) is 0 Å². The molecule has 0 aliphatic rings. The largest absolute Gasteiger partial charge is 0.456 e. The van der Waals surface area contributed by atoms with Gasteiger partial charge in [-0.15, -0.1) is 0 Å². The van der Waals surface area contributed by atoms with Crippen molar-refractivity contribution in [1.29, 1.82) is 0 Å². The molecule has 11 aromatic rings. The normalized spacial score (nSPS) is 11.8. The molecule has 0 unspecified atom stereocenters. The van der Waals surface area contributed by atoms with Crippen molar-refractivity contribution in [3.8, 4) is 22.3 Å². The second-order valence-electron chi connectivity index (χ2n) is 13.7. The monoisotopic (exact) mass is 677 g/mol. The van der Waals surface area contributed by atoms with Gasteiger partial charge < -0.3 is 13.7 Å². The molecule has 3 nitrogen and oxygen atoms in total. The highest BCUT2D eigenvalue weighted by Crippen LogP contribution is 2.45. The minimum absolute atomic E-state index is 0.855. The molecule has 2 aromatic heterocycles. The van der Waals surface area contributed by atoms with Gasteiger partial charge in [-0.05, 0) is 98.4 Å². The molecule has 3 heteroatoms. The van der Waals surface area contributed by atoms with Crippen LogP contribution in [0.25, 0.3) is 87.7 Å². The Kier molecular flexibility index (Phi) is 6.55. The molecule has 248 valence electrons. The standard InChI is InChI=1S/C50H31NO2/c1-2-10-32(11-3-1)33-22-24-36(25-23-33)51(38-26-28-41-40-15-6-7-18-45(40)53-48(41)31-38)37-27-29-46-44(30-37)50-43(17-9-19-47(50)52-46)42-16-8-13-35-21-20-34-12-4-5-14-39(34)49(35)42/h1-31H. The van der Waals surface area contributed by atoms with Gasteiger partial charge >= 0.3 is 0 Å². The van der Waals surface area contributed by atoms with Crippen molar-refractivity contribution in [3.05, 3.63) is 188 Å². The molecule has 11 rings (SSSR count). The van der Waals surface area contributed by atoms with Crippen LogP contribution >= 0.6 is 0 Å². The van der Waals surface area contributed by atoms with E-state index in [1.54, 1.807) is 0 Å². The van der Waals surface area contributed by atoms with E-state index in [1.807, 2.05) is 12.1 Å². The lowest BCUT2D eigenvalue weighted by molar-refractivity contribution is 0.668. The Bertz CT molecular complexity index is 3170. The van der Waals surface area contributed by atoms with Gasteiger partial charge in [0, 0.05) is 44.7 Å². The topological polar surface area (TPSA) is 29.5 Å². The Balaban J connectivity index is 1.13. The lowest BCUT2D eigenvalue weighted by Crippen LogP contribution is -2.09. The number of hydrogen-bond donors (Lipinski definition) is 0. The molecule has 0 aliphatic heterocycles. The number of hydrogen-bond acceptors (Lipinski definition) is 3. The summed E-state index contributed by atoms with van der Waals surface area (Å²) >= 11 is 0. The van der Waals surface area contributed by atoms with Crippen molar-refractivity contribution < 1.29 is 8.83 Å². The van der Waals surface area contributed by atoms with Crippen LogP contribution in [-0.4, -0.2) is 0 Å². The Morgan fingerprint density at radius 2 is 0.887 bits per heavy atom. The molecule has 0 atom stereocenters. The Hall–Kier alpha value is -7.10. The Morgan fingerprint density at radius 1 is 0.302 bits per heavy atom. The van der Waals surface area contributed by atoms with Crippen LogP contribution < -0.4 is 4.90 Å². The Labute approximate surface area is 305 Å². The average Bonchev–Trinajstić information content (AvgIpc) is 3.79. The van der Waals surface area contributed by atoms with Crippen molar-refractivity contribution in [2.45, 2.75) is 0 Å². The van der Waals surface area contributed by atoms with Gasteiger partial charge in [0.2, 0.25) is 0 Å². The fourth-order valence-corrected chi connectivity index (χ4v) is 8.20. The van der Waals surface area contributed by atoms with Gasteiger partial charge in [0.05, 0.1) is 0 Å². The van der Waals surface area contributed by atoms with E-state index >= 15 is 0 Å². The highest BCUT2D eigenvalue weighted by atomic mass is 16.3. The molecule has 0 saturated heterocycles. The molecule has 0 radical (unpaired) electrons. The first-order valence-electron chi connectivity index (χ1n) is 18.0. The van der Waals surface area contributed by atoms with Crippen molar-refractivity contribution in [1.82, 2.24) is 0 Å². The second kappa shape index (κ2) is 11.7. The number of fused-ring (bicyclic) bond motifs is 9. The first-order chi connectivity index (χ1) is 26.3. The van der Waals surface area contributed by atoms with Crippen molar-refractivity contribution in [2.24, 2.45) is 0 Å². The summed E-state index contributed by atoms with van der Waals surface area (Å²) in [6.07, 6.45) is 0. The summed E-state index contributed by atoms with van der Waals surface area (Å²) in [5.74, 6) is 0. The van der Waals surface area contributed by atoms with E-state index in [9.17, 15) is 0 Å². The molecule has 0 aliphatic carbocycles. The third kappa shape index (κ3) is 4.75. The number of para-hydroxylation sites is 1. The molecule has 2 heterocycles. The summed E-state index contributed by atoms with van der Waals surface area (Å²) in [6, 6.07) is 66.8. The van der Waals surface area contributed by atoms with Crippen LogP contribution in [-0.2, 0) is 0 Å². The highest BCUT2D eigenvalue weighted by molar-refractivity contribution is 6.20. The van der Waals surface area contributed by atoms with Gasteiger partial charge in [0.15, 0.2) is 0 Å². The Morgan fingerprint density at radius 3 is 1.77 bits per heavy atom. The SMILES string of the molecule is c1ccc(-c2ccc(N(c3ccc4c(c3)oc3ccccc34)c3ccc4oc5cccc(-c6cccc7ccc8ccccc8c67)c5c4c3)cc2)cc1. The predicted octanol–water partition coefficient (Wildman–Crippen LogP) is 14.6. The van der Waals surface area contributed by atoms with E-state index < -0.39 is 0 Å². The summed E-state index contributed by atoms with van der Waals surface area (Å²) in [5, 5.41) is 9.35. The van der Waals surface area contributed by atoms with Crippen LogP contribution in [0.2, 0.25) is 0 Å². The highest BCUT2D eigenvalue weighted by Gasteiger charge is 2.20. The van der Waals surface area contributed by atoms with E-state index in [-0.39, 0.29) is 0 Å². The fourth-order valence-electron chi connectivity index (χ4n) is 8.20. The van der Waals surface area contributed by atoms with Crippen LogP contribution in [0, 0.1) is 0 Å². The number of benzene rings is 9. The van der Waals surface area contributed by atoms with E-state index in [1.165, 1.54) is 38.2 Å². The van der Waals surface area contributed by atoms with Gasteiger partial charge in [-0.25, -0.2) is 0 Å². The van der Waals surface area contributed by atoms with Gasteiger partial charge in [-0.1, -0.05) is 127 Å². The zero-order valence-corrected chi connectivity index (χ0v) is 28.7. The van der Waals surface area contributed by atoms with Crippen LogP contribution in [0.1, 0.15) is 0 Å². The molecule has 0 saturated carbocycles. The van der Waals surface area contributed by atoms with Crippen LogP contribution in [0.5, 0.6) is 0 Å². The van der Waals surface area contributed by atoms with E-state index in [0.717, 1.165) is 66.5 Å². The molecule has 0 fully saturated rings. The smallest absolute Gasteiger partial charge is 0.137 e. The third-order valence-electron chi connectivity index (χ3n) is 10.6. The summed E-state index contributed by atoms with van der Waals surface area (Å²) < 4.78 is 13.0. The van der Waals surface area contributed by atoms with Crippen LogP contribution in [0.3, 0.4) is 0 Å². The summed E-state index contributed by atoms with van der Waals surface area (Å²) in [7, 11) is 0. The summed E-state index contributed by atoms with van der Waals surface area (Å²) in [5.41, 5.74) is 11.3. The molecule has 0 N–H and O–H groups in total. The van der Waals surface area contributed by atoms with Crippen molar-refractivity contribution in [3.63, 3.8) is 0 Å². The van der Waals surface area contributed by atoms with Gasteiger partial charge in [0.25, 0.3) is 0 Å². The first-order valence-corrected chi connectivity index (χ1v) is 18.0. The van der Waals surface area contributed by atoms with Crippen molar-refractivity contribution in [2.75, 3.05) is 4.90 Å². The fraction of sp³-hybridized carbons (Fsp3) is 0. The first kappa shape index (κ1) is 29.6. The minimum Gasteiger partial charge on any atom is -0.456 e. The predicted molar refractivity (Wildman–Crippen MR) is 222 cm³/mol. The van der Waals surface area contributed by atoms with Gasteiger partial charge in [0.1, 0.15) is 22.3 Å². The lowest BCUT2D eigenvalue weighted by atomic mass is 9.91. The molecule has 0 bridgehead atoms. The molecule has 53 heavy (non-hydrogen) atoms. The maximum atomic E-state index is 6.58. The van der Waals surface area contributed by atoms with Gasteiger partial charge in [-0.2, -0.15) is 0 Å². The van der Waals surface area contributed by atoms with Gasteiger partial charge in [-0.3, -0.25) is 0 Å².